The number of benzene rings is 1. The van der Waals surface area contributed by atoms with Gasteiger partial charge >= 0.3 is 12.1 Å². The first-order valence-corrected chi connectivity index (χ1v) is 5.77. The smallest absolute Gasteiger partial charge is 0.417 e. The van der Waals surface area contributed by atoms with Crippen LogP contribution in [0.25, 0.3) is 0 Å². The Balaban J connectivity index is 2.73. The Morgan fingerprint density at radius 1 is 1.31 bits per heavy atom. The molecule has 1 aliphatic heterocycles. The first-order chi connectivity index (χ1) is 7.30. The van der Waals surface area contributed by atoms with Crippen molar-refractivity contribution >= 4 is 37.8 Å². The number of hydrogen-bond donors (Lipinski definition) is 0. The lowest BCUT2D eigenvalue weighted by Gasteiger charge is -2.10. The number of hydrogen-bond acceptors (Lipinski definition) is 2. The van der Waals surface area contributed by atoms with Crippen LogP contribution in [0.2, 0.25) is 0 Å². The predicted octanol–water partition coefficient (Wildman–Crippen LogP) is 4.03. The summed E-state index contributed by atoms with van der Waals surface area (Å²) in [5.74, 6) is -0.961. The largest absolute Gasteiger partial charge is 0.442 e. The standard InChI is InChI=1S/C9H3Br2F3O2/c10-3-1-4-6(8(15)16-7(4)11)5(2-3)9(12,13)14/h1-2,7H. The Kier molecular flexibility index (Phi) is 2.78. The van der Waals surface area contributed by atoms with Gasteiger partial charge in [0.25, 0.3) is 0 Å². The molecule has 0 aliphatic carbocycles. The van der Waals surface area contributed by atoms with Gasteiger partial charge in [0.15, 0.2) is 5.01 Å². The minimum Gasteiger partial charge on any atom is -0.442 e. The maximum Gasteiger partial charge on any atom is 0.417 e. The van der Waals surface area contributed by atoms with Crippen molar-refractivity contribution < 1.29 is 22.7 Å². The third kappa shape index (κ3) is 1.86. The molecule has 2 rings (SSSR count). The van der Waals surface area contributed by atoms with Crippen LogP contribution in [-0.4, -0.2) is 5.97 Å². The third-order valence-electron chi connectivity index (χ3n) is 2.10. The van der Waals surface area contributed by atoms with E-state index in [0.717, 1.165) is 6.07 Å². The maximum absolute atomic E-state index is 12.7. The normalized spacial score (nSPS) is 19.6. The van der Waals surface area contributed by atoms with Crippen molar-refractivity contribution in [1.29, 1.82) is 0 Å². The van der Waals surface area contributed by atoms with Crippen molar-refractivity contribution in [3.63, 3.8) is 0 Å². The zero-order valence-corrected chi connectivity index (χ0v) is 10.6. The quantitative estimate of drug-likeness (QED) is 0.516. The molecule has 0 saturated heterocycles. The van der Waals surface area contributed by atoms with E-state index in [0.29, 0.717) is 0 Å². The van der Waals surface area contributed by atoms with Crippen LogP contribution in [0.15, 0.2) is 16.6 Å². The van der Waals surface area contributed by atoms with Gasteiger partial charge in [-0.2, -0.15) is 13.2 Å². The molecule has 1 aliphatic rings. The Hall–Kier alpha value is -0.560. The molecule has 1 unspecified atom stereocenters. The average molecular weight is 360 g/mol. The van der Waals surface area contributed by atoms with E-state index in [2.05, 4.69) is 36.6 Å². The highest BCUT2D eigenvalue weighted by Gasteiger charge is 2.42. The van der Waals surface area contributed by atoms with Gasteiger partial charge in [0, 0.05) is 10.0 Å². The summed E-state index contributed by atoms with van der Waals surface area (Å²) < 4.78 is 43.0. The van der Waals surface area contributed by atoms with Gasteiger partial charge in [0.05, 0.1) is 11.1 Å². The Labute approximate surface area is 105 Å². The molecule has 1 heterocycles. The molecule has 0 amide bonds. The lowest BCUT2D eigenvalue weighted by atomic mass is 10.0. The lowest BCUT2D eigenvalue weighted by Crippen LogP contribution is -2.12. The summed E-state index contributed by atoms with van der Waals surface area (Å²) in [6, 6.07) is 2.29. The second kappa shape index (κ2) is 3.73. The van der Waals surface area contributed by atoms with E-state index in [9.17, 15) is 18.0 Å². The number of rotatable bonds is 0. The number of ether oxygens (including phenoxy) is 1. The van der Waals surface area contributed by atoms with E-state index in [1.54, 1.807) is 0 Å². The first kappa shape index (κ1) is 11.9. The number of cyclic esters (lactones) is 1. The van der Waals surface area contributed by atoms with E-state index >= 15 is 0 Å². The second-order valence-electron chi connectivity index (χ2n) is 3.14. The van der Waals surface area contributed by atoms with Crippen molar-refractivity contribution in [2.75, 3.05) is 0 Å². The van der Waals surface area contributed by atoms with E-state index in [1.165, 1.54) is 6.07 Å². The summed E-state index contributed by atoms with van der Waals surface area (Å²) in [5.41, 5.74) is -1.21. The molecular formula is C9H3Br2F3O2. The van der Waals surface area contributed by atoms with Gasteiger partial charge in [0.2, 0.25) is 0 Å². The van der Waals surface area contributed by atoms with Crippen molar-refractivity contribution in [3.05, 3.63) is 33.3 Å². The minimum absolute atomic E-state index is 0.187. The highest BCUT2D eigenvalue weighted by atomic mass is 79.9. The summed E-state index contributed by atoms with van der Waals surface area (Å²) in [6.45, 7) is 0. The molecule has 1 aromatic rings. The van der Waals surface area contributed by atoms with E-state index in [-0.39, 0.29) is 10.0 Å². The van der Waals surface area contributed by atoms with E-state index < -0.39 is 28.3 Å². The molecule has 7 heteroatoms. The van der Waals surface area contributed by atoms with Crippen molar-refractivity contribution in [2.24, 2.45) is 0 Å². The van der Waals surface area contributed by atoms with Gasteiger partial charge in [-0.1, -0.05) is 15.9 Å². The average Bonchev–Trinajstić information content (AvgIpc) is 2.40. The summed E-state index contributed by atoms with van der Waals surface area (Å²) in [7, 11) is 0. The van der Waals surface area contributed by atoms with Gasteiger partial charge < -0.3 is 4.74 Å². The molecule has 0 N–H and O–H groups in total. The third-order valence-corrected chi connectivity index (χ3v) is 3.24. The molecule has 0 radical (unpaired) electrons. The van der Waals surface area contributed by atoms with E-state index in [4.69, 9.17) is 0 Å². The summed E-state index contributed by atoms with van der Waals surface area (Å²) in [6.07, 6.45) is -4.58. The minimum atomic E-state index is -4.58. The van der Waals surface area contributed by atoms with Gasteiger partial charge in [-0.15, -0.1) is 0 Å². The monoisotopic (exact) mass is 358 g/mol. The number of halogens is 5. The van der Waals surface area contributed by atoms with Gasteiger partial charge in [-0.3, -0.25) is 0 Å². The lowest BCUT2D eigenvalue weighted by molar-refractivity contribution is -0.138. The molecule has 86 valence electrons. The molecule has 0 aromatic heterocycles. The van der Waals surface area contributed by atoms with Crippen LogP contribution in [0.5, 0.6) is 0 Å². The molecule has 0 bridgehead atoms. The fourth-order valence-corrected chi connectivity index (χ4v) is 2.48. The molecule has 2 nitrogen and oxygen atoms in total. The van der Waals surface area contributed by atoms with Gasteiger partial charge in [-0.05, 0) is 28.1 Å². The highest BCUT2D eigenvalue weighted by Crippen LogP contribution is 2.43. The molecule has 0 saturated carbocycles. The van der Waals surface area contributed by atoms with Crippen molar-refractivity contribution in [1.82, 2.24) is 0 Å². The second-order valence-corrected chi connectivity index (χ2v) is 4.88. The van der Waals surface area contributed by atoms with Crippen LogP contribution < -0.4 is 0 Å². The Morgan fingerprint density at radius 2 is 1.94 bits per heavy atom. The Bertz CT molecular complexity index is 471. The van der Waals surface area contributed by atoms with Crippen LogP contribution >= 0.6 is 31.9 Å². The van der Waals surface area contributed by atoms with Crippen LogP contribution in [0.4, 0.5) is 13.2 Å². The number of alkyl halides is 4. The SMILES string of the molecule is O=C1OC(Br)c2cc(Br)cc(C(F)(F)F)c21. The molecule has 0 spiro atoms. The zero-order chi connectivity index (χ0) is 12.1. The molecule has 1 atom stereocenters. The number of carbonyl (C=O) groups is 1. The number of fused-ring (bicyclic) bond motifs is 1. The first-order valence-electron chi connectivity index (χ1n) is 4.06. The van der Waals surface area contributed by atoms with Crippen molar-refractivity contribution in [2.45, 2.75) is 11.2 Å². The Morgan fingerprint density at radius 3 is 2.50 bits per heavy atom. The summed E-state index contributed by atoms with van der Waals surface area (Å²) in [4.78, 5) is 11.3. The van der Waals surface area contributed by atoms with Crippen LogP contribution in [0, 0.1) is 0 Å². The van der Waals surface area contributed by atoms with E-state index in [1.807, 2.05) is 0 Å². The van der Waals surface area contributed by atoms with Gasteiger partial charge in [-0.25, -0.2) is 4.79 Å². The van der Waals surface area contributed by atoms with Crippen LogP contribution in [0.3, 0.4) is 0 Å². The number of esters is 1. The predicted molar refractivity (Wildman–Crippen MR) is 56.2 cm³/mol. The van der Waals surface area contributed by atoms with Gasteiger partial charge in [0.1, 0.15) is 0 Å². The number of carbonyl (C=O) groups excluding carboxylic acids is 1. The highest BCUT2D eigenvalue weighted by molar-refractivity contribution is 9.10. The molecule has 0 fully saturated rings. The molecular weight excluding hydrogens is 357 g/mol. The molecule has 16 heavy (non-hydrogen) atoms. The summed E-state index contributed by atoms with van der Waals surface area (Å²) in [5, 5.41) is -0.825. The maximum atomic E-state index is 12.7. The summed E-state index contributed by atoms with van der Waals surface area (Å²) >= 11 is 5.95. The topological polar surface area (TPSA) is 26.3 Å². The van der Waals surface area contributed by atoms with Crippen LogP contribution in [0.1, 0.15) is 26.5 Å². The molecule has 1 aromatic carbocycles. The van der Waals surface area contributed by atoms with Crippen molar-refractivity contribution in [3.8, 4) is 0 Å². The fourth-order valence-electron chi connectivity index (χ4n) is 1.47. The van der Waals surface area contributed by atoms with Crippen LogP contribution in [-0.2, 0) is 10.9 Å². The zero-order valence-electron chi connectivity index (χ0n) is 7.44. The fraction of sp³-hybridized carbons (Fsp3) is 0.222.